The predicted molar refractivity (Wildman–Crippen MR) is 74.7 cm³/mol. The maximum absolute atomic E-state index is 10.5. The van der Waals surface area contributed by atoms with Crippen molar-refractivity contribution in [3.05, 3.63) is 6.33 Å². The van der Waals surface area contributed by atoms with Gasteiger partial charge in [0.1, 0.15) is 11.1 Å². The minimum absolute atomic E-state index is 0.196. The summed E-state index contributed by atoms with van der Waals surface area (Å²) < 4.78 is 5.42. The second kappa shape index (κ2) is 4.88. The molecule has 8 heteroatoms. The Morgan fingerprint density at radius 3 is 3.10 bits per heavy atom. The molecule has 2 aromatic rings. The average molecular weight is 278 g/mol. The molecule has 0 amide bonds. The SMILES string of the molecule is CNc1nc(NCC2(O)CCOC2C)c2[nH]cnc2n1. The molecule has 108 valence electrons. The first-order chi connectivity index (χ1) is 9.62. The summed E-state index contributed by atoms with van der Waals surface area (Å²) in [6, 6.07) is 0. The Morgan fingerprint density at radius 2 is 2.40 bits per heavy atom. The molecule has 0 radical (unpaired) electrons. The Labute approximate surface area is 116 Å². The fraction of sp³-hybridized carbons (Fsp3) is 0.583. The summed E-state index contributed by atoms with van der Waals surface area (Å²) in [4.78, 5) is 15.7. The molecule has 0 spiro atoms. The van der Waals surface area contributed by atoms with Gasteiger partial charge in [-0.2, -0.15) is 9.97 Å². The fourth-order valence-corrected chi connectivity index (χ4v) is 2.31. The van der Waals surface area contributed by atoms with E-state index in [4.69, 9.17) is 4.74 Å². The van der Waals surface area contributed by atoms with Gasteiger partial charge in [0.15, 0.2) is 11.5 Å². The van der Waals surface area contributed by atoms with Gasteiger partial charge >= 0.3 is 0 Å². The third-order valence-electron chi connectivity index (χ3n) is 3.73. The second-order valence-corrected chi connectivity index (χ2v) is 4.97. The third-order valence-corrected chi connectivity index (χ3v) is 3.73. The van der Waals surface area contributed by atoms with Crippen molar-refractivity contribution < 1.29 is 9.84 Å². The zero-order valence-corrected chi connectivity index (χ0v) is 11.5. The quantitative estimate of drug-likeness (QED) is 0.639. The number of aromatic amines is 1. The van der Waals surface area contributed by atoms with Crippen molar-refractivity contribution >= 4 is 22.9 Å². The second-order valence-electron chi connectivity index (χ2n) is 4.97. The van der Waals surface area contributed by atoms with Crippen molar-refractivity contribution in [1.82, 2.24) is 19.9 Å². The van der Waals surface area contributed by atoms with Gasteiger partial charge in [0.25, 0.3) is 0 Å². The van der Waals surface area contributed by atoms with E-state index in [9.17, 15) is 5.11 Å². The number of fused-ring (bicyclic) bond motifs is 1. The van der Waals surface area contributed by atoms with E-state index in [0.717, 1.165) is 5.52 Å². The molecule has 2 unspecified atom stereocenters. The standard InChI is InChI=1S/C12H18N6O2/c1-7-12(19,3-4-20-7)5-14-9-8-10(16-6-15-8)18-11(13-2)17-9/h6-7,19H,3-5H2,1-2H3,(H3,13,14,15,16,17,18). The Bertz CT molecular complexity index is 615. The molecule has 2 atom stereocenters. The monoisotopic (exact) mass is 278 g/mol. The van der Waals surface area contributed by atoms with E-state index in [1.165, 1.54) is 0 Å². The predicted octanol–water partition coefficient (Wildman–Crippen LogP) is 0.346. The van der Waals surface area contributed by atoms with Gasteiger partial charge in [0.2, 0.25) is 5.95 Å². The van der Waals surface area contributed by atoms with E-state index in [2.05, 4.69) is 30.6 Å². The van der Waals surface area contributed by atoms with Crippen molar-refractivity contribution in [1.29, 1.82) is 0 Å². The summed E-state index contributed by atoms with van der Waals surface area (Å²) in [6.07, 6.45) is 1.98. The van der Waals surface area contributed by atoms with Crippen LogP contribution in [0.2, 0.25) is 0 Å². The first-order valence-corrected chi connectivity index (χ1v) is 6.59. The summed E-state index contributed by atoms with van der Waals surface area (Å²) in [5, 5.41) is 16.6. The molecule has 3 rings (SSSR count). The zero-order chi connectivity index (χ0) is 14.2. The summed E-state index contributed by atoms with van der Waals surface area (Å²) in [6.45, 7) is 2.81. The summed E-state index contributed by atoms with van der Waals surface area (Å²) in [5.41, 5.74) is 0.422. The molecule has 0 saturated carbocycles. The molecule has 2 aromatic heterocycles. The molecule has 20 heavy (non-hydrogen) atoms. The normalized spacial score (nSPS) is 26.1. The topological polar surface area (TPSA) is 108 Å². The van der Waals surface area contributed by atoms with Gasteiger partial charge in [-0.3, -0.25) is 0 Å². The number of anilines is 2. The Hall–Kier alpha value is -1.93. The van der Waals surface area contributed by atoms with E-state index in [0.29, 0.717) is 37.0 Å². The van der Waals surface area contributed by atoms with Gasteiger partial charge in [-0.15, -0.1) is 0 Å². The lowest BCUT2D eigenvalue weighted by Crippen LogP contribution is -2.43. The lowest BCUT2D eigenvalue weighted by atomic mass is 9.97. The van der Waals surface area contributed by atoms with Gasteiger partial charge in [-0.05, 0) is 6.92 Å². The highest BCUT2D eigenvalue weighted by molar-refractivity contribution is 5.83. The van der Waals surface area contributed by atoms with Crippen LogP contribution in [-0.4, -0.2) is 56.9 Å². The van der Waals surface area contributed by atoms with Crippen LogP contribution in [0.1, 0.15) is 13.3 Å². The number of aliphatic hydroxyl groups is 1. The number of nitrogens with one attached hydrogen (secondary N) is 3. The highest BCUT2D eigenvalue weighted by Gasteiger charge is 2.39. The van der Waals surface area contributed by atoms with Crippen LogP contribution >= 0.6 is 0 Å². The van der Waals surface area contributed by atoms with Gasteiger partial charge in [0.05, 0.1) is 12.4 Å². The molecule has 1 saturated heterocycles. The molecule has 1 aliphatic rings. The molecule has 0 aliphatic carbocycles. The van der Waals surface area contributed by atoms with Crippen molar-refractivity contribution in [3.8, 4) is 0 Å². The van der Waals surface area contributed by atoms with Crippen LogP contribution in [0.3, 0.4) is 0 Å². The number of nitrogens with zero attached hydrogens (tertiary/aromatic N) is 3. The minimum atomic E-state index is -0.878. The molecular weight excluding hydrogens is 260 g/mol. The number of aromatic nitrogens is 4. The summed E-state index contributed by atoms with van der Waals surface area (Å²) in [7, 11) is 1.75. The van der Waals surface area contributed by atoms with Crippen LogP contribution in [0, 0.1) is 0 Å². The maximum atomic E-state index is 10.5. The number of imidazole rings is 1. The minimum Gasteiger partial charge on any atom is -0.385 e. The molecular formula is C12H18N6O2. The molecule has 0 bridgehead atoms. The largest absolute Gasteiger partial charge is 0.385 e. The van der Waals surface area contributed by atoms with Gasteiger partial charge in [-0.1, -0.05) is 0 Å². The summed E-state index contributed by atoms with van der Waals surface area (Å²) >= 11 is 0. The van der Waals surface area contributed by atoms with E-state index >= 15 is 0 Å². The zero-order valence-electron chi connectivity index (χ0n) is 11.5. The number of H-pyrrole nitrogens is 1. The van der Waals surface area contributed by atoms with Gasteiger partial charge < -0.3 is 25.5 Å². The average Bonchev–Trinajstić information content (AvgIpc) is 3.04. The molecule has 3 heterocycles. The maximum Gasteiger partial charge on any atom is 0.226 e. The Kier molecular flexibility index (Phi) is 3.19. The van der Waals surface area contributed by atoms with Gasteiger partial charge in [0, 0.05) is 26.6 Å². The van der Waals surface area contributed by atoms with Crippen molar-refractivity contribution in [3.63, 3.8) is 0 Å². The third kappa shape index (κ3) is 2.16. The van der Waals surface area contributed by atoms with E-state index in [1.807, 2.05) is 6.92 Å². The van der Waals surface area contributed by atoms with Crippen LogP contribution in [0.15, 0.2) is 6.33 Å². The number of hydrogen-bond donors (Lipinski definition) is 4. The molecule has 0 aromatic carbocycles. The number of rotatable bonds is 4. The van der Waals surface area contributed by atoms with Crippen molar-refractivity contribution in [2.75, 3.05) is 30.8 Å². The Morgan fingerprint density at radius 1 is 1.55 bits per heavy atom. The molecule has 1 aliphatic heterocycles. The van der Waals surface area contributed by atoms with Crippen LogP contribution in [0.4, 0.5) is 11.8 Å². The fourth-order valence-electron chi connectivity index (χ4n) is 2.31. The van der Waals surface area contributed by atoms with Crippen LogP contribution in [0.25, 0.3) is 11.2 Å². The van der Waals surface area contributed by atoms with Crippen molar-refractivity contribution in [2.24, 2.45) is 0 Å². The first kappa shape index (κ1) is 13.1. The number of ether oxygens (including phenoxy) is 1. The van der Waals surface area contributed by atoms with E-state index < -0.39 is 5.60 Å². The van der Waals surface area contributed by atoms with Crippen LogP contribution in [0.5, 0.6) is 0 Å². The first-order valence-electron chi connectivity index (χ1n) is 6.59. The van der Waals surface area contributed by atoms with Crippen molar-refractivity contribution in [2.45, 2.75) is 25.0 Å². The van der Waals surface area contributed by atoms with E-state index in [-0.39, 0.29) is 6.10 Å². The smallest absolute Gasteiger partial charge is 0.226 e. The Balaban J connectivity index is 1.85. The highest BCUT2D eigenvalue weighted by atomic mass is 16.5. The highest BCUT2D eigenvalue weighted by Crippen LogP contribution is 2.27. The number of hydrogen-bond acceptors (Lipinski definition) is 7. The molecule has 1 fully saturated rings. The molecule has 4 N–H and O–H groups in total. The molecule has 8 nitrogen and oxygen atoms in total. The lowest BCUT2D eigenvalue weighted by molar-refractivity contribution is -0.0176. The summed E-state index contributed by atoms with van der Waals surface area (Å²) in [5.74, 6) is 1.10. The van der Waals surface area contributed by atoms with Crippen LogP contribution in [-0.2, 0) is 4.74 Å². The lowest BCUT2D eigenvalue weighted by Gasteiger charge is -2.26. The van der Waals surface area contributed by atoms with Gasteiger partial charge in [-0.25, -0.2) is 4.98 Å². The van der Waals surface area contributed by atoms with Crippen LogP contribution < -0.4 is 10.6 Å². The van der Waals surface area contributed by atoms with E-state index in [1.54, 1.807) is 13.4 Å².